The second-order valence-electron chi connectivity index (χ2n) is 5.53. The maximum atomic E-state index is 9.03. The lowest BCUT2D eigenvalue weighted by atomic mass is 10.1. The second-order valence-corrected chi connectivity index (χ2v) is 5.53. The minimum Gasteiger partial charge on any atom is -0.395 e. The molecule has 108 valence electrons. The summed E-state index contributed by atoms with van der Waals surface area (Å²) in [6, 6.07) is 8.96. The Bertz CT molecular complexity index is 348. The van der Waals surface area contributed by atoms with Gasteiger partial charge in [-0.2, -0.15) is 0 Å². The Morgan fingerprint density at radius 3 is 2.26 bits per heavy atom. The zero-order valence-electron chi connectivity index (χ0n) is 12.7. The summed E-state index contributed by atoms with van der Waals surface area (Å²) in [7, 11) is 0. The third-order valence-corrected chi connectivity index (χ3v) is 3.22. The molecule has 1 aromatic carbocycles. The third kappa shape index (κ3) is 5.52. The Morgan fingerprint density at radius 2 is 1.79 bits per heavy atom. The minimum atomic E-state index is 0.194. The van der Waals surface area contributed by atoms with Crippen molar-refractivity contribution in [2.75, 3.05) is 29.9 Å². The lowest BCUT2D eigenvalue weighted by molar-refractivity contribution is 0.302. The Kier molecular flexibility index (Phi) is 6.71. The number of nitrogens with zero attached hydrogens (tertiary/aromatic N) is 1. The Labute approximate surface area is 117 Å². The standard InChI is InChI=1S/C16H28N2O/c1-5-18(10-11-19)16-8-6-15(7-9-16)17-14(4)12-13(2)3/h6-9,13-14,17,19H,5,10-12H2,1-4H3. The van der Waals surface area contributed by atoms with Gasteiger partial charge in [0.15, 0.2) is 0 Å². The van der Waals surface area contributed by atoms with Gasteiger partial charge in [-0.3, -0.25) is 0 Å². The van der Waals surface area contributed by atoms with Crippen molar-refractivity contribution in [3.8, 4) is 0 Å². The molecule has 0 aliphatic heterocycles. The summed E-state index contributed by atoms with van der Waals surface area (Å²) in [5, 5.41) is 12.6. The number of aliphatic hydroxyl groups excluding tert-OH is 1. The first-order chi connectivity index (χ1) is 9.06. The molecule has 0 fully saturated rings. The summed E-state index contributed by atoms with van der Waals surface area (Å²) < 4.78 is 0. The molecule has 2 N–H and O–H groups in total. The van der Waals surface area contributed by atoms with E-state index in [9.17, 15) is 0 Å². The highest BCUT2D eigenvalue weighted by atomic mass is 16.3. The molecular formula is C16H28N2O. The van der Waals surface area contributed by atoms with Gasteiger partial charge in [0.05, 0.1) is 6.61 Å². The summed E-state index contributed by atoms with van der Waals surface area (Å²) >= 11 is 0. The quantitative estimate of drug-likeness (QED) is 0.756. The van der Waals surface area contributed by atoms with Crippen LogP contribution in [0.1, 0.15) is 34.1 Å². The predicted octanol–water partition coefficient (Wildman–Crippen LogP) is 3.35. The zero-order valence-corrected chi connectivity index (χ0v) is 12.7. The van der Waals surface area contributed by atoms with Crippen molar-refractivity contribution in [1.82, 2.24) is 0 Å². The SMILES string of the molecule is CCN(CCO)c1ccc(NC(C)CC(C)C)cc1. The molecule has 3 nitrogen and oxygen atoms in total. The maximum absolute atomic E-state index is 9.03. The largest absolute Gasteiger partial charge is 0.395 e. The first-order valence-electron chi connectivity index (χ1n) is 7.29. The molecule has 3 heteroatoms. The molecule has 1 unspecified atom stereocenters. The molecule has 0 aliphatic rings. The average molecular weight is 264 g/mol. The highest BCUT2D eigenvalue weighted by Gasteiger charge is 2.06. The van der Waals surface area contributed by atoms with Gasteiger partial charge in [0.25, 0.3) is 0 Å². The summed E-state index contributed by atoms with van der Waals surface area (Å²) in [5.74, 6) is 0.710. The van der Waals surface area contributed by atoms with Gasteiger partial charge in [0.1, 0.15) is 0 Å². The van der Waals surface area contributed by atoms with E-state index in [1.165, 1.54) is 12.1 Å². The molecule has 0 saturated heterocycles. The first-order valence-corrected chi connectivity index (χ1v) is 7.29. The van der Waals surface area contributed by atoms with Crippen molar-refractivity contribution in [3.63, 3.8) is 0 Å². The van der Waals surface area contributed by atoms with Crippen molar-refractivity contribution in [2.24, 2.45) is 5.92 Å². The highest BCUT2D eigenvalue weighted by Crippen LogP contribution is 2.19. The fourth-order valence-electron chi connectivity index (χ4n) is 2.41. The van der Waals surface area contributed by atoms with Gasteiger partial charge in [-0.25, -0.2) is 0 Å². The molecule has 0 aliphatic carbocycles. The van der Waals surface area contributed by atoms with Crippen molar-refractivity contribution in [1.29, 1.82) is 0 Å². The van der Waals surface area contributed by atoms with E-state index in [4.69, 9.17) is 5.11 Å². The average Bonchev–Trinajstić information content (AvgIpc) is 2.36. The molecule has 1 aromatic rings. The summed E-state index contributed by atoms with van der Waals surface area (Å²) in [4.78, 5) is 2.17. The lowest BCUT2D eigenvalue weighted by Gasteiger charge is -2.23. The predicted molar refractivity (Wildman–Crippen MR) is 84.0 cm³/mol. The summed E-state index contributed by atoms with van der Waals surface area (Å²) in [6.07, 6.45) is 1.17. The monoisotopic (exact) mass is 264 g/mol. The van der Waals surface area contributed by atoms with Crippen molar-refractivity contribution >= 4 is 11.4 Å². The van der Waals surface area contributed by atoms with Crippen LogP contribution in [0.3, 0.4) is 0 Å². The van der Waals surface area contributed by atoms with Gasteiger partial charge < -0.3 is 15.3 Å². The van der Waals surface area contributed by atoms with Crippen molar-refractivity contribution in [3.05, 3.63) is 24.3 Å². The Balaban J connectivity index is 2.60. The summed E-state index contributed by atoms with van der Waals surface area (Å²) in [6.45, 7) is 10.6. The van der Waals surface area contributed by atoms with Crippen LogP contribution in [0.4, 0.5) is 11.4 Å². The van der Waals surface area contributed by atoms with E-state index in [2.05, 4.69) is 62.2 Å². The number of likely N-dealkylation sites (N-methyl/N-ethyl adjacent to an activating group) is 1. The highest BCUT2D eigenvalue weighted by molar-refractivity contribution is 5.55. The molecule has 0 spiro atoms. The first kappa shape index (κ1) is 15.8. The van der Waals surface area contributed by atoms with Crippen LogP contribution in [0.2, 0.25) is 0 Å². The van der Waals surface area contributed by atoms with Gasteiger partial charge in [0, 0.05) is 30.5 Å². The molecular weight excluding hydrogens is 236 g/mol. The number of anilines is 2. The zero-order chi connectivity index (χ0) is 14.3. The number of hydrogen-bond donors (Lipinski definition) is 2. The van der Waals surface area contributed by atoms with Gasteiger partial charge in [-0.05, 0) is 50.5 Å². The van der Waals surface area contributed by atoms with Crippen molar-refractivity contribution in [2.45, 2.75) is 40.2 Å². The molecule has 0 amide bonds. The van der Waals surface area contributed by atoms with Crippen LogP contribution in [0.15, 0.2) is 24.3 Å². The van der Waals surface area contributed by atoms with Crippen LogP contribution in [0.5, 0.6) is 0 Å². The fraction of sp³-hybridized carbons (Fsp3) is 0.625. The molecule has 19 heavy (non-hydrogen) atoms. The molecule has 0 aromatic heterocycles. The number of aliphatic hydroxyl groups is 1. The van der Waals surface area contributed by atoms with Gasteiger partial charge in [0.2, 0.25) is 0 Å². The number of rotatable bonds is 8. The molecule has 1 rings (SSSR count). The van der Waals surface area contributed by atoms with Gasteiger partial charge in [-0.1, -0.05) is 13.8 Å². The second kappa shape index (κ2) is 8.05. The van der Waals surface area contributed by atoms with E-state index < -0.39 is 0 Å². The van der Waals surface area contributed by atoms with E-state index in [0.29, 0.717) is 18.5 Å². The summed E-state index contributed by atoms with van der Waals surface area (Å²) in [5.41, 5.74) is 2.33. The lowest BCUT2D eigenvalue weighted by Crippen LogP contribution is -2.26. The molecule has 0 radical (unpaired) electrons. The minimum absolute atomic E-state index is 0.194. The van der Waals surface area contributed by atoms with Gasteiger partial charge in [-0.15, -0.1) is 0 Å². The van der Waals surface area contributed by atoms with E-state index in [1.54, 1.807) is 0 Å². The number of benzene rings is 1. The number of hydrogen-bond acceptors (Lipinski definition) is 3. The Hall–Kier alpha value is -1.22. The van der Waals surface area contributed by atoms with E-state index in [1.807, 2.05) is 0 Å². The van der Waals surface area contributed by atoms with E-state index in [-0.39, 0.29) is 6.61 Å². The fourth-order valence-corrected chi connectivity index (χ4v) is 2.41. The van der Waals surface area contributed by atoms with Crippen LogP contribution in [0.25, 0.3) is 0 Å². The normalized spacial score (nSPS) is 12.5. The van der Waals surface area contributed by atoms with E-state index in [0.717, 1.165) is 12.2 Å². The smallest absolute Gasteiger partial charge is 0.0606 e. The topological polar surface area (TPSA) is 35.5 Å². The van der Waals surface area contributed by atoms with Crippen LogP contribution in [0, 0.1) is 5.92 Å². The number of nitrogens with one attached hydrogen (secondary N) is 1. The van der Waals surface area contributed by atoms with Gasteiger partial charge >= 0.3 is 0 Å². The molecule has 0 bridgehead atoms. The maximum Gasteiger partial charge on any atom is 0.0606 e. The molecule has 0 heterocycles. The van der Waals surface area contributed by atoms with Crippen LogP contribution in [-0.4, -0.2) is 30.8 Å². The van der Waals surface area contributed by atoms with Crippen molar-refractivity contribution < 1.29 is 5.11 Å². The van der Waals surface area contributed by atoms with Crippen LogP contribution >= 0.6 is 0 Å². The van der Waals surface area contributed by atoms with E-state index >= 15 is 0 Å². The Morgan fingerprint density at radius 1 is 1.16 bits per heavy atom. The van der Waals surface area contributed by atoms with Crippen LogP contribution in [-0.2, 0) is 0 Å². The third-order valence-electron chi connectivity index (χ3n) is 3.22. The molecule has 1 atom stereocenters. The molecule has 0 saturated carbocycles. The van der Waals surface area contributed by atoms with Crippen LogP contribution < -0.4 is 10.2 Å².